The number of hydrogen-bond acceptors (Lipinski definition) is 7. The molecule has 37 heavy (non-hydrogen) atoms. The second-order valence-corrected chi connectivity index (χ2v) is 9.96. The Morgan fingerprint density at radius 1 is 1.05 bits per heavy atom. The first-order chi connectivity index (χ1) is 18.1. The quantitative estimate of drug-likeness (QED) is 0.362. The number of hydrogen-bond donors (Lipinski definition) is 0. The van der Waals surface area contributed by atoms with Gasteiger partial charge in [-0.25, -0.2) is 4.68 Å². The zero-order valence-electron chi connectivity index (χ0n) is 19.8. The molecular weight excluding hydrogens is 484 g/mol. The Morgan fingerprint density at radius 3 is 2.76 bits per heavy atom. The van der Waals surface area contributed by atoms with Crippen molar-refractivity contribution in [1.82, 2.24) is 29.4 Å². The summed E-state index contributed by atoms with van der Waals surface area (Å²) in [6.45, 7) is 2.07. The van der Waals surface area contributed by atoms with Crippen LogP contribution in [0.1, 0.15) is 18.1 Å². The second-order valence-electron chi connectivity index (χ2n) is 8.96. The lowest BCUT2D eigenvalue weighted by Gasteiger charge is -2.04. The van der Waals surface area contributed by atoms with Crippen molar-refractivity contribution in [3.63, 3.8) is 0 Å². The molecule has 0 radical (unpaired) electrons. The van der Waals surface area contributed by atoms with Crippen LogP contribution in [0.15, 0.2) is 84.0 Å². The van der Waals surface area contributed by atoms with Gasteiger partial charge < -0.3 is 4.74 Å². The molecule has 1 aliphatic heterocycles. The number of benzene rings is 2. The minimum atomic E-state index is -0.211. The van der Waals surface area contributed by atoms with Crippen molar-refractivity contribution < 1.29 is 4.74 Å². The van der Waals surface area contributed by atoms with E-state index in [-0.39, 0.29) is 11.7 Å². The Balaban J connectivity index is 1.37. The molecule has 7 rings (SSSR count). The molecule has 0 N–H and O–H groups in total. The fourth-order valence-electron chi connectivity index (χ4n) is 4.59. The van der Waals surface area contributed by atoms with Crippen molar-refractivity contribution in [2.24, 2.45) is 0 Å². The predicted molar refractivity (Wildman–Crippen MR) is 142 cm³/mol. The van der Waals surface area contributed by atoms with Crippen LogP contribution in [0, 0.1) is 0 Å². The number of rotatable bonds is 4. The van der Waals surface area contributed by atoms with Crippen LogP contribution in [0.5, 0.6) is 5.75 Å². The lowest BCUT2D eigenvalue weighted by atomic mass is 10.0. The van der Waals surface area contributed by atoms with E-state index >= 15 is 0 Å². The van der Waals surface area contributed by atoms with E-state index in [1.807, 2.05) is 71.6 Å². The van der Waals surface area contributed by atoms with E-state index in [1.165, 1.54) is 15.9 Å². The van der Waals surface area contributed by atoms with Gasteiger partial charge in [-0.05, 0) is 61.0 Å². The fraction of sp³-hybridized carbons (Fsp3) is 0.107. The van der Waals surface area contributed by atoms with Crippen LogP contribution >= 0.6 is 11.3 Å². The van der Waals surface area contributed by atoms with Gasteiger partial charge in [-0.2, -0.15) is 14.6 Å². The van der Waals surface area contributed by atoms with Gasteiger partial charge in [0.1, 0.15) is 17.5 Å². The van der Waals surface area contributed by atoms with E-state index in [0.29, 0.717) is 15.3 Å². The average Bonchev–Trinajstić information content (AvgIpc) is 3.69. The van der Waals surface area contributed by atoms with Crippen LogP contribution in [0.4, 0.5) is 0 Å². The fourth-order valence-corrected chi connectivity index (χ4v) is 5.49. The first-order valence-electron chi connectivity index (χ1n) is 11.9. The molecular formula is C28H20N6O2S. The summed E-state index contributed by atoms with van der Waals surface area (Å²) in [5, 5.41) is 9.35. The van der Waals surface area contributed by atoms with Crippen LogP contribution in [0.3, 0.4) is 0 Å². The highest BCUT2D eigenvalue weighted by Gasteiger charge is 2.21. The largest absolute Gasteiger partial charge is 0.490 e. The van der Waals surface area contributed by atoms with Crippen molar-refractivity contribution in [3.05, 3.63) is 105 Å². The number of ether oxygens (including phenoxy) is 1. The van der Waals surface area contributed by atoms with Crippen LogP contribution in [-0.2, 0) is 6.42 Å². The van der Waals surface area contributed by atoms with Gasteiger partial charge in [0.15, 0.2) is 5.82 Å². The van der Waals surface area contributed by atoms with Crippen LogP contribution in [0.2, 0.25) is 0 Å². The number of para-hydroxylation sites is 1. The predicted octanol–water partition coefficient (Wildman–Crippen LogP) is 3.94. The SMILES string of the molecule is CC1Cc2cc(-c3nn(-c4ccccc4)cc3C=c3sc4nc(-c5cccnc5)nn4c3=O)ccc2O1. The third-order valence-corrected chi connectivity index (χ3v) is 7.28. The maximum absolute atomic E-state index is 13.3. The summed E-state index contributed by atoms with van der Waals surface area (Å²) in [7, 11) is 0. The highest BCUT2D eigenvalue weighted by Crippen LogP contribution is 2.34. The Kier molecular flexibility index (Phi) is 4.97. The molecule has 4 aromatic heterocycles. The lowest BCUT2D eigenvalue weighted by Crippen LogP contribution is -2.23. The average molecular weight is 505 g/mol. The molecule has 0 bridgehead atoms. The smallest absolute Gasteiger partial charge is 0.291 e. The molecule has 6 aromatic rings. The van der Waals surface area contributed by atoms with Crippen molar-refractivity contribution in [2.75, 3.05) is 0 Å². The highest BCUT2D eigenvalue weighted by atomic mass is 32.1. The van der Waals surface area contributed by atoms with Gasteiger partial charge in [0.2, 0.25) is 4.96 Å². The monoisotopic (exact) mass is 504 g/mol. The molecule has 0 aliphatic carbocycles. The van der Waals surface area contributed by atoms with Gasteiger partial charge in [-0.1, -0.05) is 29.5 Å². The van der Waals surface area contributed by atoms with Gasteiger partial charge in [-0.3, -0.25) is 9.78 Å². The summed E-state index contributed by atoms with van der Waals surface area (Å²) in [5.74, 6) is 1.40. The molecule has 1 unspecified atom stereocenters. The van der Waals surface area contributed by atoms with Gasteiger partial charge in [0.05, 0.1) is 10.2 Å². The van der Waals surface area contributed by atoms with Gasteiger partial charge in [0, 0.05) is 41.7 Å². The lowest BCUT2D eigenvalue weighted by molar-refractivity contribution is 0.254. The van der Waals surface area contributed by atoms with Gasteiger partial charge in [0.25, 0.3) is 5.56 Å². The topological polar surface area (TPSA) is 87.2 Å². The molecule has 1 aliphatic rings. The first-order valence-corrected chi connectivity index (χ1v) is 12.7. The molecule has 0 saturated heterocycles. The Hall–Kier alpha value is -4.63. The van der Waals surface area contributed by atoms with E-state index in [2.05, 4.69) is 28.1 Å². The zero-order chi connectivity index (χ0) is 24.9. The molecule has 0 amide bonds. The van der Waals surface area contributed by atoms with Crippen molar-refractivity contribution in [3.8, 4) is 34.1 Å². The molecule has 180 valence electrons. The summed E-state index contributed by atoms with van der Waals surface area (Å²) in [4.78, 5) is 22.5. The zero-order valence-corrected chi connectivity index (χ0v) is 20.6. The maximum Gasteiger partial charge on any atom is 0.291 e. The van der Waals surface area contributed by atoms with E-state index in [9.17, 15) is 4.79 Å². The molecule has 0 spiro atoms. The molecule has 0 saturated carbocycles. The number of aromatic nitrogens is 6. The minimum absolute atomic E-state index is 0.160. The minimum Gasteiger partial charge on any atom is -0.490 e. The molecule has 5 heterocycles. The van der Waals surface area contributed by atoms with Crippen molar-refractivity contribution in [1.29, 1.82) is 0 Å². The summed E-state index contributed by atoms with van der Waals surface area (Å²) < 4.78 is 9.63. The highest BCUT2D eigenvalue weighted by molar-refractivity contribution is 7.15. The Morgan fingerprint density at radius 2 is 1.95 bits per heavy atom. The second kappa shape index (κ2) is 8.49. The van der Waals surface area contributed by atoms with E-state index < -0.39 is 0 Å². The number of pyridine rings is 1. The summed E-state index contributed by atoms with van der Waals surface area (Å²) in [5.41, 5.74) is 5.26. The third kappa shape index (κ3) is 3.80. The summed E-state index contributed by atoms with van der Waals surface area (Å²) in [6.07, 6.45) is 8.22. The molecule has 2 aromatic carbocycles. The number of fused-ring (bicyclic) bond motifs is 2. The van der Waals surface area contributed by atoms with Gasteiger partial charge >= 0.3 is 0 Å². The number of thiazole rings is 1. The van der Waals surface area contributed by atoms with Crippen molar-refractivity contribution >= 4 is 22.4 Å². The molecule has 9 heteroatoms. The maximum atomic E-state index is 13.3. The summed E-state index contributed by atoms with van der Waals surface area (Å²) >= 11 is 1.31. The third-order valence-electron chi connectivity index (χ3n) is 6.32. The van der Waals surface area contributed by atoms with E-state index in [1.54, 1.807) is 12.4 Å². The van der Waals surface area contributed by atoms with Gasteiger partial charge in [-0.15, -0.1) is 5.10 Å². The first kappa shape index (κ1) is 21.6. The normalized spacial score (nSPS) is 15.3. The molecule has 0 fully saturated rings. The Labute approximate surface area is 215 Å². The number of nitrogens with zero attached hydrogens (tertiary/aromatic N) is 6. The molecule has 8 nitrogen and oxygen atoms in total. The molecule has 1 atom stereocenters. The standard InChI is InChI=1S/C28H20N6O2S/c1-17-12-20-13-18(9-10-23(20)36-17)25-21(16-33(31-25)22-7-3-2-4-8-22)14-24-27(35)34-28(37-24)30-26(32-34)19-6-5-11-29-15-19/h2-11,13-17H,12H2,1H3. The summed E-state index contributed by atoms with van der Waals surface area (Å²) in [6, 6.07) is 19.8. The Bertz CT molecular complexity index is 1870. The van der Waals surface area contributed by atoms with Crippen LogP contribution in [0.25, 0.3) is 39.4 Å². The van der Waals surface area contributed by atoms with Crippen LogP contribution in [-0.4, -0.2) is 35.5 Å². The van der Waals surface area contributed by atoms with E-state index in [4.69, 9.17) is 9.84 Å². The van der Waals surface area contributed by atoms with Crippen LogP contribution < -0.4 is 14.8 Å². The van der Waals surface area contributed by atoms with Crippen molar-refractivity contribution in [2.45, 2.75) is 19.4 Å². The van der Waals surface area contributed by atoms with E-state index in [0.717, 1.165) is 45.8 Å².